The van der Waals surface area contributed by atoms with Crippen LogP contribution in [0.4, 0.5) is 17.6 Å². The van der Waals surface area contributed by atoms with E-state index in [4.69, 9.17) is 0 Å². The third-order valence-corrected chi connectivity index (χ3v) is 4.56. The smallest absolute Gasteiger partial charge is 0.387 e. The van der Waals surface area contributed by atoms with Crippen molar-refractivity contribution < 1.29 is 31.8 Å². The highest BCUT2D eigenvalue weighted by molar-refractivity contribution is 5.93. The van der Waals surface area contributed by atoms with Gasteiger partial charge in [0.15, 0.2) is 0 Å². The normalized spacial score (nSPS) is 14.9. The van der Waals surface area contributed by atoms with E-state index in [2.05, 4.69) is 14.5 Å². The maximum absolute atomic E-state index is 12.9. The van der Waals surface area contributed by atoms with Crippen LogP contribution in [-0.4, -0.2) is 35.1 Å². The standard InChI is InChI=1S/C21H20F4N2O3/c1-13(17-4-2-3-11-26-17)27(15-7-8-15)19(28)10-6-14-5-9-16(29-20(22)23)12-18(14)30-21(24)25/h2-6,9-13,15,20-21H,7-8H2,1H3/b10-6+. The Morgan fingerprint density at radius 2 is 1.87 bits per heavy atom. The lowest BCUT2D eigenvalue weighted by Gasteiger charge is -2.28. The summed E-state index contributed by atoms with van der Waals surface area (Å²) in [5.74, 6) is -1.01. The Morgan fingerprint density at radius 1 is 1.13 bits per heavy atom. The Morgan fingerprint density at radius 3 is 2.47 bits per heavy atom. The third-order valence-electron chi connectivity index (χ3n) is 4.56. The second kappa shape index (κ2) is 9.60. The lowest BCUT2D eigenvalue weighted by atomic mass is 10.1. The first-order valence-electron chi connectivity index (χ1n) is 9.30. The van der Waals surface area contributed by atoms with E-state index in [9.17, 15) is 22.4 Å². The molecule has 1 fully saturated rings. The van der Waals surface area contributed by atoms with Gasteiger partial charge in [-0.25, -0.2) is 0 Å². The SMILES string of the molecule is CC(c1ccccn1)N(C(=O)/C=C/c1ccc(OC(F)F)cc1OC(F)F)C1CC1. The van der Waals surface area contributed by atoms with Crippen LogP contribution in [0, 0.1) is 0 Å². The van der Waals surface area contributed by atoms with Crippen LogP contribution in [0.5, 0.6) is 11.5 Å². The summed E-state index contributed by atoms with van der Waals surface area (Å²) in [5.41, 5.74) is 0.868. The number of benzene rings is 1. The molecule has 9 heteroatoms. The highest BCUT2D eigenvalue weighted by Gasteiger charge is 2.35. The average molecular weight is 424 g/mol. The zero-order valence-corrected chi connectivity index (χ0v) is 16.1. The van der Waals surface area contributed by atoms with E-state index >= 15 is 0 Å². The van der Waals surface area contributed by atoms with E-state index in [1.165, 1.54) is 24.3 Å². The molecule has 3 rings (SSSR count). The second-order valence-corrected chi connectivity index (χ2v) is 6.70. The molecule has 0 bridgehead atoms. The quantitative estimate of drug-likeness (QED) is 0.418. The summed E-state index contributed by atoms with van der Waals surface area (Å²) in [4.78, 5) is 18.8. The summed E-state index contributed by atoms with van der Waals surface area (Å²) in [6.07, 6.45) is 5.95. The number of halogens is 4. The molecule has 1 heterocycles. The summed E-state index contributed by atoms with van der Waals surface area (Å²) in [5, 5.41) is 0. The fraction of sp³-hybridized carbons (Fsp3) is 0.333. The Kier molecular flexibility index (Phi) is 6.91. The Bertz CT molecular complexity index is 889. The van der Waals surface area contributed by atoms with Crippen LogP contribution in [0.15, 0.2) is 48.7 Å². The van der Waals surface area contributed by atoms with E-state index < -0.39 is 13.2 Å². The van der Waals surface area contributed by atoms with Gasteiger partial charge in [0.2, 0.25) is 5.91 Å². The molecule has 30 heavy (non-hydrogen) atoms. The van der Waals surface area contributed by atoms with Crippen LogP contribution in [0.1, 0.15) is 37.1 Å². The Hall–Kier alpha value is -3.10. The lowest BCUT2D eigenvalue weighted by molar-refractivity contribution is -0.128. The van der Waals surface area contributed by atoms with Gasteiger partial charge in [0, 0.05) is 29.9 Å². The van der Waals surface area contributed by atoms with Gasteiger partial charge >= 0.3 is 13.2 Å². The van der Waals surface area contributed by atoms with Crippen molar-refractivity contribution >= 4 is 12.0 Å². The zero-order valence-electron chi connectivity index (χ0n) is 16.1. The first kappa shape index (κ1) is 21.6. The number of amides is 1. The van der Waals surface area contributed by atoms with Gasteiger partial charge < -0.3 is 14.4 Å². The predicted molar refractivity (Wildman–Crippen MR) is 101 cm³/mol. The minimum absolute atomic E-state index is 0.0813. The van der Waals surface area contributed by atoms with Gasteiger partial charge in [-0.15, -0.1) is 0 Å². The van der Waals surface area contributed by atoms with Gasteiger partial charge in [0.25, 0.3) is 0 Å². The molecule has 0 spiro atoms. The molecule has 1 atom stereocenters. The molecule has 0 radical (unpaired) electrons. The minimum atomic E-state index is -3.17. The van der Waals surface area contributed by atoms with Crippen LogP contribution in [0.3, 0.4) is 0 Å². The highest BCUT2D eigenvalue weighted by Crippen LogP contribution is 2.34. The van der Waals surface area contributed by atoms with Crippen LogP contribution in [-0.2, 0) is 4.79 Å². The number of carbonyl (C=O) groups is 1. The van der Waals surface area contributed by atoms with Crippen LogP contribution in [0.2, 0.25) is 0 Å². The third kappa shape index (κ3) is 5.71. The molecule has 1 aliphatic carbocycles. The predicted octanol–water partition coefficient (Wildman–Crippen LogP) is 5.05. The van der Waals surface area contributed by atoms with Crippen molar-refractivity contribution in [3.8, 4) is 11.5 Å². The van der Waals surface area contributed by atoms with E-state index in [0.29, 0.717) is 0 Å². The number of nitrogens with zero attached hydrogens (tertiary/aromatic N) is 2. The van der Waals surface area contributed by atoms with Crippen molar-refractivity contribution in [1.82, 2.24) is 9.88 Å². The monoisotopic (exact) mass is 424 g/mol. The second-order valence-electron chi connectivity index (χ2n) is 6.70. The topological polar surface area (TPSA) is 51.7 Å². The molecular formula is C21H20F4N2O3. The van der Waals surface area contributed by atoms with E-state index in [1.807, 2.05) is 19.1 Å². The molecule has 1 saturated carbocycles. The molecule has 5 nitrogen and oxygen atoms in total. The molecule has 160 valence electrons. The summed E-state index contributed by atoms with van der Waals surface area (Å²) >= 11 is 0. The van der Waals surface area contributed by atoms with Gasteiger partial charge in [0.05, 0.1) is 11.7 Å². The number of aromatic nitrogens is 1. The molecule has 1 unspecified atom stereocenters. The van der Waals surface area contributed by atoms with Gasteiger partial charge in [-0.05, 0) is 50.1 Å². The summed E-state index contributed by atoms with van der Waals surface area (Å²) in [6, 6.07) is 8.64. The van der Waals surface area contributed by atoms with E-state index in [1.54, 1.807) is 17.2 Å². The number of ether oxygens (including phenoxy) is 2. The van der Waals surface area contributed by atoms with E-state index in [-0.39, 0.29) is 35.1 Å². The fourth-order valence-electron chi connectivity index (χ4n) is 3.08. The molecule has 0 saturated heterocycles. The highest BCUT2D eigenvalue weighted by atomic mass is 19.3. The summed E-state index contributed by atoms with van der Waals surface area (Å²) < 4.78 is 58.8. The number of alkyl halides is 4. The summed E-state index contributed by atoms with van der Waals surface area (Å²) in [6.45, 7) is -4.40. The van der Waals surface area contributed by atoms with Gasteiger partial charge in [-0.2, -0.15) is 17.6 Å². The average Bonchev–Trinajstić information content (AvgIpc) is 3.52. The first-order chi connectivity index (χ1) is 14.3. The number of pyridine rings is 1. The molecule has 1 aromatic carbocycles. The maximum Gasteiger partial charge on any atom is 0.387 e. The van der Waals surface area contributed by atoms with Crippen LogP contribution >= 0.6 is 0 Å². The fourth-order valence-corrected chi connectivity index (χ4v) is 3.08. The number of carbonyl (C=O) groups excluding carboxylic acids is 1. The van der Waals surface area contributed by atoms with Crippen molar-refractivity contribution in [3.05, 3.63) is 59.9 Å². The van der Waals surface area contributed by atoms with Crippen molar-refractivity contribution in [2.24, 2.45) is 0 Å². The molecule has 1 amide bonds. The zero-order chi connectivity index (χ0) is 21.7. The molecule has 0 N–H and O–H groups in total. The first-order valence-corrected chi connectivity index (χ1v) is 9.30. The molecule has 1 aliphatic rings. The summed E-state index contributed by atoms with van der Waals surface area (Å²) in [7, 11) is 0. The lowest BCUT2D eigenvalue weighted by Crippen LogP contribution is -2.34. The van der Waals surface area contributed by atoms with Crippen molar-refractivity contribution in [2.45, 2.75) is 45.1 Å². The van der Waals surface area contributed by atoms with Crippen LogP contribution < -0.4 is 9.47 Å². The molecule has 1 aromatic heterocycles. The van der Waals surface area contributed by atoms with Gasteiger partial charge in [-0.3, -0.25) is 9.78 Å². The van der Waals surface area contributed by atoms with Crippen molar-refractivity contribution in [1.29, 1.82) is 0 Å². The largest absolute Gasteiger partial charge is 0.435 e. The van der Waals surface area contributed by atoms with Crippen molar-refractivity contribution in [2.75, 3.05) is 0 Å². The van der Waals surface area contributed by atoms with Crippen molar-refractivity contribution in [3.63, 3.8) is 0 Å². The maximum atomic E-state index is 12.9. The van der Waals surface area contributed by atoms with Crippen LogP contribution in [0.25, 0.3) is 6.08 Å². The molecular weight excluding hydrogens is 404 g/mol. The number of hydrogen-bond donors (Lipinski definition) is 0. The molecule has 2 aromatic rings. The van der Waals surface area contributed by atoms with E-state index in [0.717, 1.165) is 24.6 Å². The Labute approximate surface area is 170 Å². The number of rotatable bonds is 9. The minimum Gasteiger partial charge on any atom is -0.435 e. The van der Waals surface area contributed by atoms with Gasteiger partial charge in [-0.1, -0.05) is 6.07 Å². The Balaban J connectivity index is 1.81. The number of hydrogen-bond acceptors (Lipinski definition) is 4. The molecule has 0 aliphatic heterocycles. The van der Waals surface area contributed by atoms with Gasteiger partial charge in [0.1, 0.15) is 11.5 Å².